The number of nitrogens with zero attached hydrogens (tertiary/aromatic N) is 3. The first kappa shape index (κ1) is 33.9. The molecule has 43 heavy (non-hydrogen) atoms. The maximum absolute atomic E-state index is 12.4. The number of carbonyl (C=O) groups excluding carboxylic acids is 1. The third kappa shape index (κ3) is 7.14. The maximum atomic E-state index is 12.4. The molecular weight excluding hydrogens is 538 g/mol. The van der Waals surface area contributed by atoms with Crippen LogP contribution in [0.5, 0.6) is 0 Å². The average Bonchev–Trinajstić information content (AvgIpc) is 3.40. The number of quaternary nitrogens is 1. The quantitative estimate of drug-likeness (QED) is 0.0874. The second-order valence-electron chi connectivity index (χ2n) is 13.4. The molecule has 0 amide bonds. The van der Waals surface area contributed by atoms with Crippen LogP contribution in [0.3, 0.4) is 0 Å². The molecule has 2 N–H and O–H groups in total. The number of hydrogen-bond donors (Lipinski definition) is 2. The number of anilines is 1. The predicted octanol–water partition coefficient (Wildman–Crippen LogP) is 6.92. The summed E-state index contributed by atoms with van der Waals surface area (Å²) < 4.78 is 5.94. The van der Waals surface area contributed by atoms with Crippen LogP contribution in [0.4, 0.5) is 5.69 Å². The number of benzene rings is 1. The summed E-state index contributed by atoms with van der Waals surface area (Å²) in [7, 11) is 0. The van der Waals surface area contributed by atoms with Crippen LogP contribution in [0.2, 0.25) is 0 Å². The lowest BCUT2D eigenvalue weighted by Gasteiger charge is -2.54. The first-order valence-electron chi connectivity index (χ1n) is 17.2. The van der Waals surface area contributed by atoms with Crippen LogP contribution in [-0.2, 0) is 9.68 Å². The summed E-state index contributed by atoms with van der Waals surface area (Å²) in [6, 6.07) is 8.22. The Kier molecular flexibility index (Phi) is 11.7. The molecule has 7 unspecified atom stereocenters. The standard InChI is InChI=1S/C35H59N5O3/c1-9-14-15-30-24-28(10-2)20-22-35(30,37-31-18-16-29(17-19-31)33(41)42-13-5)34(38(11-3)12-4)36-32-27(8)39-25-40(32,43-39)23-21-26(6)7/h16-20,26-27,30,32,34,36H,9-15,21-25H2,1-8H3/p+1. The van der Waals surface area contributed by atoms with Crippen molar-refractivity contribution >= 4 is 11.7 Å². The minimum atomic E-state index is -0.269. The van der Waals surface area contributed by atoms with Crippen LogP contribution in [0.25, 0.3) is 0 Å². The molecule has 4 aliphatic rings. The van der Waals surface area contributed by atoms with Crippen LogP contribution in [0.1, 0.15) is 111 Å². The van der Waals surface area contributed by atoms with Crippen LogP contribution in [0, 0.1) is 11.8 Å². The topological polar surface area (TPSA) is 66.1 Å². The Morgan fingerprint density at radius 3 is 2.44 bits per heavy atom. The molecule has 1 aromatic carbocycles. The molecule has 8 nitrogen and oxygen atoms in total. The monoisotopic (exact) mass is 598 g/mol. The van der Waals surface area contributed by atoms with Crippen LogP contribution in [-0.4, -0.2) is 77.4 Å². The highest BCUT2D eigenvalue weighted by Gasteiger charge is 2.66. The average molecular weight is 599 g/mol. The number of rotatable bonds is 17. The molecule has 2 bridgehead atoms. The van der Waals surface area contributed by atoms with Gasteiger partial charge in [0.05, 0.1) is 23.9 Å². The van der Waals surface area contributed by atoms with E-state index in [9.17, 15) is 4.79 Å². The van der Waals surface area contributed by atoms with Gasteiger partial charge in [-0.1, -0.05) is 76.0 Å². The van der Waals surface area contributed by atoms with Crippen molar-refractivity contribution in [3.8, 4) is 0 Å². The molecule has 0 saturated carbocycles. The van der Waals surface area contributed by atoms with Gasteiger partial charge < -0.3 is 10.1 Å². The van der Waals surface area contributed by atoms with Gasteiger partial charge in [0.2, 0.25) is 0 Å². The minimum absolute atomic E-state index is 0.0920. The van der Waals surface area contributed by atoms with Crippen molar-refractivity contribution < 1.29 is 19.1 Å². The second kappa shape index (κ2) is 14.9. The van der Waals surface area contributed by atoms with E-state index in [0.29, 0.717) is 34.7 Å². The summed E-state index contributed by atoms with van der Waals surface area (Å²) in [5.41, 5.74) is 2.98. The zero-order valence-corrected chi connectivity index (χ0v) is 28.3. The van der Waals surface area contributed by atoms with Crippen LogP contribution in [0.15, 0.2) is 35.9 Å². The zero-order valence-electron chi connectivity index (χ0n) is 28.3. The molecule has 1 aliphatic carbocycles. The number of fused-ring (bicyclic) bond motifs is 1. The summed E-state index contributed by atoms with van der Waals surface area (Å²) in [6.45, 7) is 22.2. The SMILES string of the molecule is CCCCC1CC(CC)=CCC1(Nc1ccc(C(=O)OCC)cc1)C(NC1C(C)N2C[N+]1(CCC(C)C)O2)N(CC)CC. The largest absolute Gasteiger partial charge is 0.462 e. The molecule has 1 aromatic rings. The number of nitrogens with one attached hydrogen (secondary N) is 2. The summed E-state index contributed by atoms with van der Waals surface area (Å²) in [6.07, 6.45) is 10.7. The van der Waals surface area contributed by atoms with E-state index in [0.717, 1.165) is 57.7 Å². The van der Waals surface area contributed by atoms with Crippen molar-refractivity contribution in [2.75, 3.05) is 38.2 Å². The van der Waals surface area contributed by atoms with E-state index in [-0.39, 0.29) is 23.8 Å². The number of likely N-dealkylation sites (N-methyl/N-ethyl adjacent to an activating group) is 1. The van der Waals surface area contributed by atoms with Gasteiger partial charge in [-0.3, -0.25) is 4.90 Å². The smallest absolute Gasteiger partial charge is 0.338 e. The highest BCUT2D eigenvalue weighted by molar-refractivity contribution is 5.89. The fraction of sp³-hybridized carbons (Fsp3) is 0.743. The molecule has 3 aliphatic heterocycles. The zero-order chi connectivity index (χ0) is 31.2. The van der Waals surface area contributed by atoms with E-state index in [4.69, 9.17) is 9.68 Å². The summed E-state index contributed by atoms with van der Waals surface area (Å²) in [5.74, 6) is 0.830. The molecule has 3 fully saturated rings. The number of unbranched alkanes of at least 4 members (excludes halogenated alkanes) is 1. The van der Waals surface area contributed by atoms with Gasteiger partial charge in [-0.05, 0) is 88.7 Å². The van der Waals surface area contributed by atoms with Crippen molar-refractivity contribution in [1.29, 1.82) is 0 Å². The third-order valence-electron chi connectivity index (χ3n) is 10.2. The Labute approximate surface area is 261 Å². The number of ether oxygens (including phenoxy) is 1. The minimum Gasteiger partial charge on any atom is -0.462 e. The van der Waals surface area contributed by atoms with Crippen LogP contribution >= 0.6 is 0 Å². The van der Waals surface area contributed by atoms with Crippen LogP contribution < -0.4 is 10.6 Å². The lowest BCUT2D eigenvalue weighted by atomic mass is 9.68. The van der Waals surface area contributed by atoms with Crippen molar-refractivity contribution in [3.63, 3.8) is 0 Å². The molecule has 7 atom stereocenters. The van der Waals surface area contributed by atoms with E-state index < -0.39 is 0 Å². The fourth-order valence-corrected chi connectivity index (χ4v) is 7.55. The second-order valence-corrected chi connectivity index (χ2v) is 13.4. The molecule has 0 aromatic heterocycles. The van der Waals surface area contributed by atoms with Crippen molar-refractivity contribution in [1.82, 2.24) is 15.3 Å². The van der Waals surface area contributed by atoms with Crippen molar-refractivity contribution in [2.45, 2.75) is 124 Å². The molecular formula is C35H60N5O3+. The molecule has 242 valence electrons. The van der Waals surface area contributed by atoms with Crippen molar-refractivity contribution in [2.24, 2.45) is 11.8 Å². The molecule has 5 rings (SSSR count). The van der Waals surface area contributed by atoms with Gasteiger partial charge in [-0.15, -0.1) is 4.65 Å². The lowest BCUT2D eigenvalue weighted by Crippen LogP contribution is -2.73. The number of hydrogen-bond acceptors (Lipinski definition) is 7. The van der Waals surface area contributed by atoms with Gasteiger partial charge in [-0.25, -0.2) is 10.1 Å². The highest BCUT2D eigenvalue weighted by Crippen LogP contribution is 2.46. The molecule has 0 radical (unpaired) electrons. The Bertz CT molecular complexity index is 1070. The molecule has 8 heteroatoms. The third-order valence-corrected chi connectivity index (χ3v) is 10.2. The summed E-state index contributed by atoms with van der Waals surface area (Å²) in [5, 5.41) is 10.6. The van der Waals surface area contributed by atoms with Crippen molar-refractivity contribution in [3.05, 3.63) is 41.5 Å². The van der Waals surface area contributed by atoms with E-state index in [1.54, 1.807) is 5.57 Å². The molecule has 3 saturated heterocycles. The van der Waals surface area contributed by atoms with E-state index in [2.05, 4.69) is 87.3 Å². The molecule has 0 spiro atoms. The number of esters is 1. The first-order valence-corrected chi connectivity index (χ1v) is 17.2. The van der Waals surface area contributed by atoms with Gasteiger partial charge >= 0.3 is 5.97 Å². The summed E-state index contributed by atoms with van der Waals surface area (Å²) in [4.78, 5) is 21.5. The Hall–Kier alpha value is -1.97. The van der Waals surface area contributed by atoms with E-state index >= 15 is 0 Å². The Balaban J connectivity index is 1.76. The number of allylic oxidation sites excluding steroid dienone is 1. The van der Waals surface area contributed by atoms with Gasteiger partial charge in [-0.2, -0.15) is 0 Å². The van der Waals surface area contributed by atoms with Gasteiger partial charge in [0, 0.05) is 12.1 Å². The normalized spacial score (nSPS) is 30.7. The number of carbonyl (C=O) groups is 1. The predicted molar refractivity (Wildman–Crippen MR) is 175 cm³/mol. The van der Waals surface area contributed by atoms with E-state index in [1.807, 2.05) is 19.1 Å². The van der Waals surface area contributed by atoms with Gasteiger partial charge in [0.25, 0.3) is 0 Å². The highest BCUT2D eigenvalue weighted by atomic mass is 16.9. The number of hydroxylamine groups is 5. The summed E-state index contributed by atoms with van der Waals surface area (Å²) >= 11 is 0. The van der Waals surface area contributed by atoms with Gasteiger partial charge in [0.15, 0.2) is 12.8 Å². The lowest BCUT2D eigenvalue weighted by molar-refractivity contribution is -1.19. The fourth-order valence-electron chi connectivity index (χ4n) is 7.55. The molecule has 3 heterocycles. The van der Waals surface area contributed by atoms with Gasteiger partial charge in [0.1, 0.15) is 12.6 Å². The Morgan fingerprint density at radius 1 is 1.16 bits per heavy atom. The Morgan fingerprint density at radius 2 is 1.86 bits per heavy atom. The van der Waals surface area contributed by atoms with E-state index in [1.165, 1.54) is 19.3 Å². The maximum Gasteiger partial charge on any atom is 0.338 e. The first-order chi connectivity index (χ1) is 20.7.